The minimum atomic E-state index is -6.46. The van der Waals surface area contributed by atoms with E-state index in [4.69, 9.17) is 4.55 Å². The number of aliphatic hydroxyl groups is 1. The van der Waals surface area contributed by atoms with Crippen LogP contribution in [0, 0.1) is 0 Å². The monoisotopic (exact) mass is 480 g/mol. The number of halogens is 7. The summed E-state index contributed by atoms with van der Waals surface area (Å²) in [6, 6.07) is 0. The van der Waals surface area contributed by atoms with Crippen molar-refractivity contribution in [3.63, 3.8) is 0 Å². The Bertz CT molecular complexity index is 695. The van der Waals surface area contributed by atoms with Gasteiger partial charge >= 0.3 is 39.2 Å². The minimum Gasteiger partial charge on any atom is -0.462 e. The summed E-state index contributed by atoms with van der Waals surface area (Å²) in [5.74, 6) is -11.6. The van der Waals surface area contributed by atoms with E-state index in [1.165, 1.54) is 0 Å². The van der Waals surface area contributed by atoms with Gasteiger partial charge in [-0.05, 0) is 25.8 Å². The first-order valence-corrected chi connectivity index (χ1v) is 9.42. The molecular formula is C14H19F7O8S. The molecule has 0 saturated carbocycles. The van der Waals surface area contributed by atoms with E-state index in [1.54, 1.807) is 0 Å². The average Bonchev–Trinajstić information content (AvgIpc) is 2.57. The summed E-state index contributed by atoms with van der Waals surface area (Å²) in [6.07, 6.45) is -11.2. The Labute approximate surface area is 166 Å². The number of carbonyl (C=O) groups is 1. The average molecular weight is 480 g/mol. The van der Waals surface area contributed by atoms with Crippen LogP contribution < -0.4 is 0 Å². The Hall–Kier alpha value is -1.49. The summed E-state index contributed by atoms with van der Waals surface area (Å²) in [5, 5.41) is 3.42. The van der Waals surface area contributed by atoms with Gasteiger partial charge in [0, 0.05) is 6.42 Å². The van der Waals surface area contributed by atoms with Crippen molar-refractivity contribution in [1.29, 1.82) is 0 Å². The van der Waals surface area contributed by atoms with Gasteiger partial charge in [0.15, 0.2) is 6.29 Å². The first-order valence-electron chi connectivity index (χ1n) is 7.98. The molecule has 0 fully saturated rings. The summed E-state index contributed by atoms with van der Waals surface area (Å²) in [6.45, 7) is 2.33. The molecule has 0 spiro atoms. The maximum Gasteiger partial charge on any atom is 0.455 e. The van der Waals surface area contributed by atoms with Crippen LogP contribution >= 0.6 is 0 Å². The van der Waals surface area contributed by atoms with Crippen LogP contribution in [0.25, 0.3) is 0 Å². The zero-order valence-corrected chi connectivity index (χ0v) is 16.1. The fraction of sp³-hybridized carbons (Fsp3) is 0.786. The third kappa shape index (κ3) is 6.50. The van der Waals surface area contributed by atoms with Crippen LogP contribution in [0.5, 0.6) is 0 Å². The predicted octanol–water partition coefficient (Wildman–Crippen LogP) is 2.63. The molecule has 30 heavy (non-hydrogen) atoms. The SMILES string of the molecule is C=CC(O)OC(OCCCCC(F)(F)C(F)(F)S(=O)(=O)O)(C(=O)OCC)C(F)(F)F. The van der Waals surface area contributed by atoms with E-state index in [1.807, 2.05) is 0 Å². The highest BCUT2D eigenvalue weighted by atomic mass is 32.2. The summed E-state index contributed by atoms with van der Waals surface area (Å²) in [7, 11) is -6.46. The minimum absolute atomic E-state index is 0.459. The van der Waals surface area contributed by atoms with Crippen molar-refractivity contribution < 1.29 is 67.8 Å². The van der Waals surface area contributed by atoms with Gasteiger partial charge in [0.1, 0.15) is 0 Å². The third-order valence-electron chi connectivity index (χ3n) is 3.35. The molecule has 0 aliphatic heterocycles. The first-order chi connectivity index (χ1) is 13.4. The quantitative estimate of drug-likeness (QED) is 0.103. The lowest BCUT2D eigenvalue weighted by Crippen LogP contribution is -2.58. The summed E-state index contributed by atoms with van der Waals surface area (Å²) in [4.78, 5) is 11.8. The lowest BCUT2D eigenvalue weighted by molar-refractivity contribution is -0.389. The summed E-state index contributed by atoms with van der Waals surface area (Å²) in [5.41, 5.74) is 0. The molecule has 0 heterocycles. The highest BCUT2D eigenvalue weighted by Gasteiger charge is 2.67. The molecule has 0 saturated heterocycles. The molecule has 0 amide bonds. The number of alkyl halides is 7. The molecule has 16 heteroatoms. The number of hydrogen-bond donors (Lipinski definition) is 2. The molecule has 178 valence electrons. The molecule has 0 radical (unpaired) electrons. The number of unbranched alkanes of at least 4 members (excludes halogenated alkanes) is 1. The molecule has 0 aliphatic rings. The van der Waals surface area contributed by atoms with Crippen molar-refractivity contribution in [2.45, 2.75) is 55.6 Å². The second kappa shape index (κ2) is 10.2. The highest BCUT2D eigenvalue weighted by Crippen LogP contribution is 2.42. The molecule has 2 unspecified atom stereocenters. The van der Waals surface area contributed by atoms with Crippen LogP contribution in [0.15, 0.2) is 12.7 Å². The predicted molar refractivity (Wildman–Crippen MR) is 84.0 cm³/mol. The topological polar surface area (TPSA) is 119 Å². The number of aliphatic hydroxyl groups excluding tert-OH is 1. The van der Waals surface area contributed by atoms with Gasteiger partial charge in [0.2, 0.25) is 0 Å². The maximum atomic E-state index is 13.4. The van der Waals surface area contributed by atoms with Crippen molar-refractivity contribution in [1.82, 2.24) is 0 Å². The van der Waals surface area contributed by atoms with Gasteiger partial charge in [-0.2, -0.15) is 39.2 Å². The van der Waals surface area contributed by atoms with Crippen molar-refractivity contribution >= 4 is 16.1 Å². The van der Waals surface area contributed by atoms with E-state index < -0.39 is 78.0 Å². The van der Waals surface area contributed by atoms with E-state index in [0.29, 0.717) is 6.08 Å². The molecule has 0 aromatic rings. The van der Waals surface area contributed by atoms with E-state index in [9.17, 15) is 49.1 Å². The normalized spacial score (nSPS) is 16.6. The van der Waals surface area contributed by atoms with E-state index in [0.717, 1.165) is 6.92 Å². The Kier molecular flexibility index (Phi) is 9.71. The molecule has 2 atom stereocenters. The van der Waals surface area contributed by atoms with Gasteiger partial charge < -0.3 is 19.3 Å². The van der Waals surface area contributed by atoms with Gasteiger partial charge in [-0.3, -0.25) is 4.55 Å². The zero-order chi connectivity index (χ0) is 24.0. The van der Waals surface area contributed by atoms with E-state index in [-0.39, 0.29) is 0 Å². The second-order valence-corrected chi connectivity index (χ2v) is 7.04. The summed E-state index contributed by atoms with van der Waals surface area (Å²) >= 11 is 0. The van der Waals surface area contributed by atoms with Crippen LogP contribution in [-0.4, -0.2) is 66.7 Å². The molecule has 0 rings (SSSR count). The highest BCUT2D eigenvalue weighted by molar-refractivity contribution is 7.87. The maximum absolute atomic E-state index is 13.4. The zero-order valence-electron chi connectivity index (χ0n) is 15.3. The molecule has 2 N–H and O–H groups in total. The van der Waals surface area contributed by atoms with Crippen molar-refractivity contribution in [2.24, 2.45) is 0 Å². The van der Waals surface area contributed by atoms with E-state index >= 15 is 0 Å². The standard InChI is InChI=1S/C14H19F7O8S/c1-3-9(22)29-12(13(17,18)19,10(23)27-4-2)28-8-6-5-7-11(15,16)14(20,21)30(24,25)26/h3,9,22H,1,4-8H2,2H3,(H,24,25,26). The van der Waals surface area contributed by atoms with Crippen molar-refractivity contribution in [3.05, 3.63) is 12.7 Å². The third-order valence-corrected chi connectivity index (χ3v) is 4.29. The van der Waals surface area contributed by atoms with Gasteiger partial charge in [-0.15, -0.1) is 0 Å². The van der Waals surface area contributed by atoms with Crippen LogP contribution in [0.4, 0.5) is 30.7 Å². The molecule has 8 nitrogen and oxygen atoms in total. The molecule has 0 bridgehead atoms. The van der Waals surface area contributed by atoms with Crippen LogP contribution in [0.2, 0.25) is 0 Å². The number of rotatable bonds is 13. The van der Waals surface area contributed by atoms with Crippen LogP contribution in [-0.2, 0) is 29.1 Å². The Morgan fingerprint density at radius 2 is 1.67 bits per heavy atom. The Morgan fingerprint density at radius 1 is 1.13 bits per heavy atom. The smallest absolute Gasteiger partial charge is 0.455 e. The molecule has 0 aromatic carbocycles. The lowest BCUT2D eigenvalue weighted by Gasteiger charge is -2.33. The lowest BCUT2D eigenvalue weighted by atomic mass is 10.1. The van der Waals surface area contributed by atoms with Gasteiger partial charge in [-0.1, -0.05) is 6.58 Å². The molecular weight excluding hydrogens is 461 g/mol. The second-order valence-electron chi connectivity index (χ2n) is 5.58. The fourth-order valence-electron chi connectivity index (χ4n) is 1.85. The van der Waals surface area contributed by atoms with Crippen molar-refractivity contribution in [3.8, 4) is 0 Å². The van der Waals surface area contributed by atoms with Crippen LogP contribution in [0.3, 0.4) is 0 Å². The largest absolute Gasteiger partial charge is 0.462 e. The Morgan fingerprint density at radius 3 is 2.07 bits per heavy atom. The molecule has 0 aliphatic carbocycles. The van der Waals surface area contributed by atoms with Gasteiger partial charge in [-0.25, -0.2) is 4.79 Å². The first kappa shape index (κ1) is 28.5. The summed E-state index contributed by atoms with van der Waals surface area (Å²) < 4.78 is 135. The fourth-order valence-corrected chi connectivity index (χ4v) is 2.33. The number of carbonyl (C=O) groups excluding carboxylic acids is 1. The van der Waals surface area contributed by atoms with Gasteiger partial charge in [0.25, 0.3) is 0 Å². The number of hydrogen-bond acceptors (Lipinski definition) is 7. The van der Waals surface area contributed by atoms with E-state index in [2.05, 4.69) is 20.8 Å². The molecule has 0 aromatic heterocycles. The van der Waals surface area contributed by atoms with Crippen LogP contribution in [0.1, 0.15) is 26.2 Å². The Balaban J connectivity index is 5.31. The van der Waals surface area contributed by atoms with Crippen molar-refractivity contribution in [2.75, 3.05) is 13.2 Å². The number of ether oxygens (including phenoxy) is 3. The van der Waals surface area contributed by atoms with Gasteiger partial charge in [0.05, 0.1) is 13.2 Å². The number of esters is 1.